The second-order valence-corrected chi connectivity index (χ2v) is 7.94. The number of nitrogens with zero attached hydrogens (tertiary/aromatic N) is 3. The fourth-order valence-corrected chi connectivity index (χ4v) is 4.11. The van der Waals surface area contributed by atoms with Gasteiger partial charge in [0, 0.05) is 43.9 Å². The van der Waals surface area contributed by atoms with Crippen molar-refractivity contribution >= 4 is 34.6 Å². The van der Waals surface area contributed by atoms with Gasteiger partial charge in [-0.1, -0.05) is 35.9 Å². The summed E-state index contributed by atoms with van der Waals surface area (Å²) in [6.07, 6.45) is 0. The third kappa shape index (κ3) is 4.47. The summed E-state index contributed by atoms with van der Waals surface area (Å²) in [6.45, 7) is 3.55. The van der Waals surface area contributed by atoms with Crippen LogP contribution in [-0.2, 0) is 0 Å². The number of halogens is 1. The minimum Gasteiger partial charge on any atom is -0.496 e. The summed E-state index contributed by atoms with van der Waals surface area (Å²) in [5, 5.41) is 0.749. The Morgan fingerprint density at radius 1 is 0.871 bits per heavy atom. The van der Waals surface area contributed by atoms with Crippen LogP contribution in [0.15, 0.2) is 72.8 Å². The Hall–Kier alpha value is -3.18. The fraction of sp³-hybridized carbons (Fsp3) is 0.240. The van der Waals surface area contributed by atoms with Gasteiger partial charge in [0.15, 0.2) is 0 Å². The molecule has 1 aliphatic rings. The van der Waals surface area contributed by atoms with E-state index in [0.717, 1.165) is 42.6 Å². The minimum atomic E-state index is -0.0929. The first-order valence-electron chi connectivity index (χ1n) is 10.3. The molecule has 3 aromatic carbocycles. The number of methoxy groups -OCH3 is 1. The molecule has 1 aliphatic heterocycles. The highest BCUT2D eigenvalue weighted by Gasteiger charge is 2.24. The van der Waals surface area contributed by atoms with Crippen molar-refractivity contribution < 1.29 is 9.53 Å². The highest BCUT2D eigenvalue weighted by molar-refractivity contribution is 6.30. The second kappa shape index (κ2) is 9.31. The van der Waals surface area contributed by atoms with Gasteiger partial charge in [-0.15, -0.1) is 0 Å². The van der Waals surface area contributed by atoms with E-state index in [-0.39, 0.29) is 5.91 Å². The molecule has 3 aromatic rings. The highest BCUT2D eigenvalue weighted by atomic mass is 35.5. The maximum Gasteiger partial charge on any atom is 0.261 e. The Labute approximate surface area is 188 Å². The first-order valence-corrected chi connectivity index (χ1v) is 10.7. The van der Waals surface area contributed by atoms with Gasteiger partial charge in [-0.3, -0.25) is 4.79 Å². The van der Waals surface area contributed by atoms with E-state index >= 15 is 0 Å². The lowest BCUT2D eigenvalue weighted by atomic mass is 10.1. The second-order valence-electron chi connectivity index (χ2n) is 7.50. The van der Waals surface area contributed by atoms with Gasteiger partial charge in [0.25, 0.3) is 5.91 Å². The predicted octanol–water partition coefficient (Wildman–Crippen LogP) is 4.95. The third-order valence-corrected chi connectivity index (χ3v) is 5.95. The number of rotatable bonds is 5. The van der Waals surface area contributed by atoms with Crippen molar-refractivity contribution in [2.75, 3.05) is 55.0 Å². The SMILES string of the molecule is COc1ccccc1C(=O)N(C)c1ccccc1N1CCN(c2ccc(Cl)cc2)CC1. The van der Waals surface area contributed by atoms with Crippen LogP contribution in [0.5, 0.6) is 5.75 Å². The number of ether oxygens (including phenoxy) is 1. The molecule has 1 heterocycles. The van der Waals surface area contributed by atoms with Gasteiger partial charge in [-0.05, 0) is 48.5 Å². The van der Waals surface area contributed by atoms with Crippen molar-refractivity contribution in [1.29, 1.82) is 0 Å². The van der Waals surface area contributed by atoms with E-state index in [4.69, 9.17) is 16.3 Å². The van der Waals surface area contributed by atoms with Crippen LogP contribution in [0.25, 0.3) is 0 Å². The van der Waals surface area contributed by atoms with Crippen LogP contribution in [0.2, 0.25) is 5.02 Å². The van der Waals surface area contributed by atoms with Gasteiger partial charge in [0.2, 0.25) is 0 Å². The lowest BCUT2D eigenvalue weighted by Crippen LogP contribution is -2.47. The van der Waals surface area contributed by atoms with Gasteiger partial charge in [-0.25, -0.2) is 0 Å². The summed E-state index contributed by atoms with van der Waals surface area (Å²) < 4.78 is 5.39. The molecule has 0 atom stereocenters. The summed E-state index contributed by atoms with van der Waals surface area (Å²) in [6, 6.07) is 23.4. The largest absolute Gasteiger partial charge is 0.496 e. The number of anilines is 3. The Kier molecular flexibility index (Phi) is 6.33. The van der Waals surface area contributed by atoms with Gasteiger partial charge in [-0.2, -0.15) is 0 Å². The molecule has 0 N–H and O–H groups in total. The fourth-order valence-electron chi connectivity index (χ4n) is 3.98. The van der Waals surface area contributed by atoms with E-state index in [0.29, 0.717) is 11.3 Å². The molecule has 0 aliphatic carbocycles. The van der Waals surface area contributed by atoms with E-state index < -0.39 is 0 Å². The molecule has 6 heteroatoms. The van der Waals surface area contributed by atoms with Gasteiger partial charge < -0.3 is 19.4 Å². The first kappa shape index (κ1) is 21.1. The van der Waals surface area contributed by atoms with Crippen molar-refractivity contribution in [2.24, 2.45) is 0 Å². The number of carbonyl (C=O) groups is 1. The summed E-state index contributed by atoms with van der Waals surface area (Å²) in [7, 11) is 3.40. The van der Waals surface area contributed by atoms with Crippen LogP contribution >= 0.6 is 11.6 Å². The number of carbonyl (C=O) groups excluding carboxylic acids is 1. The van der Waals surface area contributed by atoms with E-state index in [2.05, 4.69) is 28.0 Å². The summed E-state index contributed by atoms with van der Waals surface area (Å²) in [4.78, 5) is 19.6. The Morgan fingerprint density at radius 2 is 1.48 bits per heavy atom. The number of amides is 1. The van der Waals surface area contributed by atoms with E-state index in [1.165, 1.54) is 5.69 Å². The van der Waals surface area contributed by atoms with Crippen LogP contribution < -0.4 is 19.4 Å². The van der Waals surface area contributed by atoms with Crippen LogP contribution in [0.4, 0.5) is 17.1 Å². The molecule has 0 aromatic heterocycles. The molecule has 0 spiro atoms. The van der Waals surface area contributed by atoms with Crippen molar-refractivity contribution in [2.45, 2.75) is 0 Å². The molecule has 4 rings (SSSR count). The molecule has 1 amide bonds. The number of piperazine rings is 1. The molecule has 1 saturated heterocycles. The average molecular weight is 436 g/mol. The highest BCUT2D eigenvalue weighted by Crippen LogP contribution is 2.32. The van der Waals surface area contributed by atoms with Crippen molar-refractivity contribution in [3.8, 4) is 5.75 Å². The molecule has 160 valence electrons. The van der Waals surface area contributed by atoms with E-state index in [9.17, 15) is 4.79 Å². The third-order valence-electron chi connectivity index (χ3n) is 5.70. The normalized spacial score (nSPS) is 13.8. The zero-order chi connectivity index (χ0) is 21.8. The maximum atomic E-state index is 13.2. The van der Waals surface area contributed by atoms with Gasteiger partial charge in [0.05, 0.1) is 24.0 Å². The van der Waals surface area contributed by atoms with Crippen molar-refractivity contribution in [1.82, 2.24) is 0 Å². The molecule has 31 heavy (non-hydrogen) atoms. The Morgan fingerprint density at radius 3 is 2.19 bits per heavy atom. The van der Waals surface area contributed by atoms with E-state index in [1.807, 2.05) is 55.6 Å². The molecule has 5 nitrogen and oxygen atoms in total. The van der Waals surface area contributed by atoms with Gasteiger partial charge >= 0.3 is 0 Å². The quantitative estimate of drug-likeness (QED) is 0.568. The summed E-state index contributed by atoms with van der Waals surface area (Å²) in [5.74, 6) is 0.484. The maximum absolute atomic E-state index is 13.2. The van der Waals surface area contributed by atoms with Crippen LogP contribution in [-0.4, -0.2) is 46.2 Å². The topological polar surface area (TPSA) is 36.0 Å². The Balaban J connectivity index is 1.52. The summed E-state index contributed by atoms with van der Waals surface area (Å²) in [5.41, 5.74) is 3.68. The van der Waals surface area contributed by atoms with Gasteiger partial charge in [0.1, 0.15) is 5.75 Å². The minimum absolute atomic E-state index is 0.0929. The smallest absolute Gasteiger partial charge is 0.261 e. The van der Waals surface area contributed by atoms with Crippen LogP contribution in [0.3, 0.4) is 0 Å². The lowest BCUT2D eigenvalue weighted by molar-refractivity contribution is 0.0990. The average Bonchev–Trinajstić information content (AvgIpc) is 2.83. The molecular weight excluding hydrogens is 410 g/mol. The number of hydrogen-bond donors (Lipinski definition) is 0. The number of para-hydroxylation sites is 3. The molecular formula is C25H26ClN3O2. The zero-order valence-corrected chi connectivity index (χ0v) is 18.5. The standard InChI is InChI=1S/C25H26ClN3O2/c1-27(25(30)21-7-3-6-10-24(21)31-2)22-8-4-5-9-23(22)29-17-15-28(16-18-29)20-13-11-19(26)12-14-20/h3-14H,15-18H2,1-2H3. The van der Waals surface area contributed by atoms with Crippen LogP contribution in [0, 0.1) is 0 Å². The number of hydrogen-bond acceptors (Lipinski definition) is 4. The zero-order valence-electron chi connectivity index (χ0n) is 17.8. The van der Waals surface area contributed by atoms with E-state index in [1.54, 1.807) is 18.1 Å². The van der Waals surface area contributed by atoms with Crippen molar-refractivity contribution in [3.63, 3.8) is 0 Å². The molecule has 1 fully saturated rings. The van der Waals surface area contributed by atoms with Crippen molar-refractivity contribution in [3.05, 3.63) is 83.4 Å². The molecule has 0 radical (unpaired) electrons. The monoisotopic (exact) mass is 435 g/mol. The lowest BCUT2D eigenvalue weighted by Gasteiger charge is -2.38. The summed E-state index contributed by atoms with van der Waals surface area (Å²) >= 11 is 6.02. The Bertz CT molecular complexity index is 1050. The first-order chi connectivity index (χ1) is 15.1. The molecule has 0 saturated carbocycles. The van der Waals surface area contributed by atoms with Crippen LogP contribution in [0.1, 0.15) is 10.4 Å². The molecule has 0 unspecified atom stereocenters. The number of benzene rings is 3. The molecule has 0 bridgehead atoms. The predicted molar refractivity (Wildman–Crippen MR) is 128 cm³/mol.